The molecular formula is C16H15N3O5. The molecule has 2 aromatic heterocycles. The molecule has 2 heterocycles. The first kappa shape index (κ1) is 15.6. The van der Waals surface area contributed by atoms with Gasteiger partial charge >= 0.3 is 0 Å². The lowest BCUT2D eigenvalue weighted by atomic mass is 10.2. The normalized spacial score (nSPS) is 10.4. The summed E-state index contributed by atoms with van der Waals surface area (Å²) < 4.78 is 20.6. The van der Waals surface area contributed by atoms with Crippen LogP contribution >= 0.6 is 0 Å². The molecule has 8 nitrogen and oxygen atoms in total. The third-order valence-corrected chi connectivity index (χ3v) is 3.14. The van der Waals surface area contributed by atoms with Crippen LogP contribution < -0.4 is 14.8 Å². The summed E-state index contributed by atoms with van der Waals surface area (Å²) in [4.78, 5) is 15.8. The highest BCUT2D eigenvalue weighted by Gasteiger charge is 2.14. The van der Waals surface area contributed by atoms with E-state index >= 15 is 0 Å². The Morgan fingerprint density at radius 1 is 1.29 bits per heavy atom. The fourth-order valence-corrected chi connectivity index (χ4v) is 1.90. The molecule has 3 aromatic rings. The van der Waals surface area contributed by atoms with Gasteiger partial charge in [-0.15, -0.1) is 0 Å². The van der Waals surface area contributed by atoms with Gasteiger partial charge in [-0.3, -0.25) is 4.79 Å². The molecule has 1 N–H and O–H groups in total. The Morgan fingerprint density at radius 3 is 2.83 bits per heavy atom. The summed E-state index contributed by atoms with van der Waals surface area (Å²) in [6.07, 6.45) is 2.93. The largest absolute Gasteiger partial charge is 0.497 e. The molecule has 0 spiro atoms. The van der Waals surface area contributed by atoms with E-state index in [0.29, 0.717) is 12.5 Å². The van der Waals surface area contributed by atoms with E-state index in [2.05, 4.69) is 15.5 Å². The number of ether oxygens (including phenoxy) is 2. The van der Waals surface area contributed by atoms with Gasteiger partial charge in [0.2, 0.25) is 11.7 Å². The SMILES string of the molecule is COc1ccc(COc2cc(C(=O)NCc3ncco3)on2)cc1. The van der Waals surface area contributed by atoms with Crippen molar-refractivity contribution in [1.82, 2.24) is 15.5 Å². The number of hydrogen-bond acceptors (Lipinski definition) is 7. The quantitative estimate of drug-likeness (QED) is 0.709. The minimum Gasteiger partial charge on any atom is -0.497 e. The molecule has 0 fully saturated rings. The van der Waals surface area contributed by atoms with E-state index in [1.165, 1.54) is 18.5 Å². The number of aromatic nitrogens is 2. The Kier molecular flexibility index (Phi) is 4.76. The first-order chi connectivity index (χ1) is 11.7. The van der Waals surface area contributed by atoms with E-state index in [4.69, 9.17) is 18.4 Å². The molecule has 0 saturated carbocycles. The summed E-state index contributed by atoms with van der Waals surface area (Å²) >= 11 is 0. The lowest BCUT2D eigenvalue weighted by molar-refractivity contribution is 0.0910. The second-order valence-corrected chi connectivity index (χ2v) is 4.77. The summed E-state index contributed by atoms with van der Waals surface area (Å²) in [7, 11) is 1.61. The smallest absolute Gasteiger partial charge is 0.290 e. The molecule has 0 bridgehead atoms. The number of hydrogen-bond donors (Lipinski definition) is 1. The molecule has 0 saturated heterocycles. The van der Waals surface area contributed by atoms with Gasteiger partial charge in [-0.05, 0) is 22.9 Å². The lowest BCUT2D eigenvalue weighted by Crippen LogP contribution is -2.22. The van der Waals surface area contributed by atoms with Crippen molar-refractivity contribution in [3.63, 3.8) is 0 Å². The molecule has 0 unspecified atom stereocenters. The number of benzene rings is 1. The van der Waals surface area contributed by atoms with Crippen molar-refractivity contribution in [3.8, 4) is 11.6 Å². The van der Waals surface area contributed by atoms with Crippen LogP contribution in [0.25, 0.3) is 0 Å². The zero-order valence-electron chi connectivity index (χ0n) is 12.9. The van der Waals surface area contributed by atoms with Crippen LogP contribution in [0.4, 0.5) is 0 Å². The zero-order chi connectivity index (χ0) is 16.8. The zero-order valence-corrected chi connectivity index (χ0v) is 12.9. The Morgan fingerprint density at radius 2 is 2.12 bits per heavy atom. The van der Waals surface area contributed by atoms with Gasteiger partial charge in [-0.1, -0.05) is 12.1 Å². The number of oxazole rings is 1. The maximum absolute atomic E-state index is 11.9. The molecule has 1 aromatic carbocycles. The van der Waals surface area contributed by atoms with Crippen LogP contribution in [0.2, 0.25) is 0 Å². The molecule has 1 amide bonds. The summed E-state index contributed by atoms with van der Waals surface area (Å²) in [5, 5.41) is 6.31. The van der Waals surface area contributed by atoms with E-state index in [1.807, 2.05) is 24.3 Å². The van der Waals surface area contributed by atoms with Gasteiger partial charge in [-0.25, -0.2) is 4.98 Å². The first-order valence-electron chi connectivity index (χ1n) is 7.13. The van der Waals surface area contributed by atoms with E-state index < -0.39 is 5.91 Å². The molecule has 124 valence electrons. The Hall–Kier alpha value is -3.29. The number of carbonyl (C=O) groups excluding carboxylic acids is 1. The molecular weight excluding hydrogens is 314 g/mol. The monoisotopic (exact) mass is 329 g/mol. The molecule has 8 heteroatoms. The second kappa shape index (κ2) is 7.32. The summed E-state index contributed by atoms with van der Waals surface area (Å²) in [6.45, 7) is 0.461. The molecule has 24 heavy (non-hydrogen) atoms. The standard InChI is InChI=1S/C16H15N3O5/c1-21-12-4-2-11(3-5-12)10-23-14-8-13(24-19-14)16(20)18-9-15-17-6-7-22-15/h2-8H,9-10H2,1H3,(H,18,20). The topological polar surface area (TPSA) is 99.6 Å². The van der Waals surface area contributed by atoms with Gasteiger partial charge in [0, 0.05) is 0 Å². The van der Waals surface area contributed by atoms with Crippen LogP contribution in [-0.2, 0) is 13.2 Å². The van der Waals surface area contributed by atoms with Crippen molar-refractivity contribution in [2.45, 2.75) is 13.2 Å². The number of nitrogens with one attached hydrogen (secondary N) is 1. The third-order valence-electron chi connectivity index (χ3n) is 3.14. The number of methoxy groups -OCH3 is 1. The van der Waals surface area contributed by atoms with Gasteiger partial charge in [0.05, 0.1) is 25.9 Å². The average Bonchev–Trinajstić information content (AvgIpc) is 3.30. The minimum atomic E-state index is -0.431. The average molecular weight is 329 g/mol. The molecule has 0 radical (unpaired) electrons. The number of amides is 1. The lowest BCUT2D eigenvalue weighted by Gasteiger charge is -2.03. The highest BCUT2D eigenvalue weighted by atomic mass is 16.5. The van der Waals surface area contributed by atoms with Gasteiger partial charge in [0.25, 0.3) is 11.8 Å². The fourth-order valence-electron chi connectivity index (χ4n) is 1.90. The van der Waals surface area contributed by atoms with Crippen LogP contribution in [0.15, 0.2) is 51.7 Å². The highest BCUT2D eigenvalue weighted by molar-refractivity contribution is 5.91. The van der Waals surface area contributed by atoms with Gasteiger partial charge in [-0.2, -0.15) is 0 Å². The van der Waals surface area contributed by atoms with Gasteiger partial charge < -0.3 is 23.7 Å². The molecule has 0 aliphatic rings. The molecule has 0 atom stereocenters. The fraction of sp³-hybridized carbons (Fsp3) is 0.188. The maximum atomic E-state index is 11.9. The Labute approximate surface area is 137 Å². The number of nitrogens with zero attached hydrogens (tertiary/aromatic N) is 2. The van der Waals surface area contributed by atoms with Crippen LogP contribution in [0, 0.1) is 0 Å². The van der Waals surface area contributed by atoms with Crippen LogP contribution in [-0.4, -0.2) is 23.2 Å². The maximum Gasteiger partial charge on any atom is 0.290 e. The van der Waals surface area contributed by atoms with Crippen LogP contribution in [0.5, 0.6) is 11.6 Å². The van der Waals surface area contributed by atoms with E-state index in [1.54, 1.807) is 7.11 Å². The summed E-state index contributed by atoms with van der Waals surface area (Å²) in [5.74, 6) is 1.02. The van der Waals surface area contributed by atoms with Crippen LogP contribution in [0.1, 0.15) is 22.0 Å². The van der Waals surface area contributed by atoms with Crippen molar-refractivity contribution in [2.24, 2.45) is 0 Å². The number of carbonyl (C=O) groups is 1. The first-order valence-corrected chi connectivity index (χ1v) is 7.13. The highest BCUT2D eigenvalue weighted by Crippen LogP contribution is 2.15. The minimum absolute atomic E-state index is 0.0475. The predicted octanol–water partition coefficient (Wildman–Crippen LogP) is 2.18. The van der Waals surface area contributed by atoms with E-state index in [-0.39, 0.29) is 18.2 Å². The second-order valence-electron chi connectivity index (χ2n) is 4.77. The Bertz CT molecular complexity index is 780. The van der Waals surface area contributed by atoms with Crippen LogP contribution in [0.3, 0.4) is 0 Å². The number of rotatable bonds is 7. The van der Waals surface area contributed by atoms with Crippen molar-refractivity contribution >= 4 is 5.91 Å². The Balaban J connectivity index is 1.51. The van der Waals surface area contributed by atoms with Crippen molar-refractivity contribution in [2.75, 3.05) is 7.11 Å². The van der Waals surface area contributed by atoms with Gasteiger partial charge in [0.1, 0.15) is 18.6 Å². The summed E-state index contributed by atoms with van der Waals surface area (Å²) in [5.41, 5.74) is 0.939. The van der Waals surface area contributed by atoms with Crippen molar-refractivity contribution in [3.05, 3.63) is 60.0 Å². The molecule has 0 aliphatic heterocycles. The predicted molar refractivity (Wildman–Crippen MR) is 81.5 cm³/mol. The van der Waals surface area contributed by atoms with E-state index in [9.17, 15) is 4.79 Å². The summed E-state index contributed by atoms with van der Waals surface area (Å²) in [6, 6.07) is 8.85. The molecule has 0 aliphatic carbocycles. The van der Waals surface area contributed by atoms with Crippen molar-refractivity contribution in [1.29, 1.82) is 0 Å². The van der Waals surface area contributed by atoms with Gasteiger partial charge in [0.15, 0.2) is 0 Å². The van der Waals surface area contributed by atoms with E-state index in [0.717, 1.165) is 11.3 Å². The van der Waals surface area contributed by atoms with Crippen molar-refractivity contribution < 1.29 is 23.2 Å². The third kappa shape index (κ3) is 3.92. The molecule has 3 rings (SSSR count).